The van der Waals surface area contributed by atoms with Gasteiger partial charge in [-0.3, -0.25) is 0 Å². The first kappa shape index (κ1) is 7.72. The molecule has 0 bridgehead atoms. The van der Waals surface area contributed by atoms with Gasteiger partial charge in [0.2, 0.25) is 0 Å². The molecule has 0 aromatic rings. The maximum absolute atomic E-state index is 5.99. The second-order valence-corrected chi connectivity index (χ2v) is 10.5. The zero-order valence-corrected chi connectivity index (χ0v) is 9.05. The Hall–Kier alpha value is 0.724. The molecule has 0 spiro atoms. The van der Waals surface area contributed by atoms with E-state index >= 15 is 0 Å². The van der Waals surface area contributed by atoms with Gasteiger partial charge in [-0.15, -0.1) is 0 Å². The smallest absolute Gasteiger partial charge is 0.150 e. The highest BCUT2D eigenvalue weighted by atomic mass is 35.6. The Morgan fingerprint density at radius 3 is 2.00 bits per heavy atom. The lowest BCUT2D eigenvalue weighted by atomic mass is 10.9. The van der Waals surface area contributed by atoms with Gasteiger partial charge in [0.15, 0.2) is 0 Å². The standard InChI is InChI=1S/C4H13ClSi2/c1-7(2,5)4-3-6/h3-4H2,1-2,6H3. The lowest BCUT2D eigenvalue weighted by molar-refractivity contribution is 1.39. The van der Waals surface area contributed by atoms with Crippen LogP contribution >= 0.6 is 11.1 Å². The second kappa shape index (κ2) is 2.89. The quantitative estimate of drug-likeness (QED) is 0.413. The van der Waals surface area contributed by atoms with Gasteiger partial charge < -0.3 is 0 Å². The molecule has 0 nitrogen and oxygen atoms in total. The fourth-order valence-corrected chi connectivity index (χ4v) is 7.05. The van der Waals surface area contributed by atoms with Crippen LogP contribution in [0.1, 0.15) is 0 Å². The number of hydrogen-bond acceptors (Lipinski definition) is 0. The van der Waals surface area contributed by atoms with Crippen LogP contribution in [0.5, 0.6) is 0 Å². The molecule has 0 aromatic heterocycles. The summed E-state index contributed by atoms with van der Waals surface area (Å²) in [5.41, 5.74) is 0. The molecule has 0 aliphatic rings. The maximum Gasteiger partial charge on any atom is 0.150 e. The molecular weight excluding hydrogens is 140 g/mol. The molecule has 7 heavy (non-hydrogen) atoms. The summed E-state index contributed by atoms with van der Waals surface area (Å²) in [6.45, 7) is 4.40. The molecule has 0 aliphatic carbocycles. The molecule has 3 heteroatoms. The van der Waals surface area contributed by atoms with Crippen LogP contribution in [-0.2, 0) is 0 Å². The first-order valence-electron chi connectivity index (χ1n) is 2.75. The topological polar surface area (TPSA) is 0 Å². The van der Waals surface area contributed by atoms with Crippen molar-refractivity contribution in [3.05, 3.63) is 0 Å². The van der Waals surface area contributed by atoms with E-state index in [0.717, 1.165) is 0 Å². The van der Waals surface area contributed by atoms with Crippen molar-refractivity contribution < 1.29 is 0 Å². The molecule has 0 N–H and O–H groups in total. The Morgan fingerprint density at radius 2 is 2.00 bits per heavy atom. The second-order valence-electron chi connectivity index (χ2n) is 2.47. The lowest BCUT2D eigenvalue weighted by Gasteiger charge is -2.08. The molecule has 0 aromatic carbocycles. The molecule has 0 amide bonds. The van der Waals surface area contributed by atoms with E-state index in [1.54, 1.807) is 0 Å². The van der Waals surface area contributed by atoms with Gasteiger partial charge in [-0.05, 0) is 6.04 Å². The summed E-state index contributed by atoms with van der Waals surface area (Å²) >= 11 is 5.99. The summed E-state index contributed by atoms with van der Waals surface area (Å²) in [6, 6.07) is 2.68. The Kier molecular flexibility index (Phi) is 3.19. The summed E-state index contributed by atoms with van der Waals surface area (Å²) in [5, 5.41) is 0. The summed E-state index contributed by atoms with van der Waals surface area (Å²) < 4.78 is 0. The van der Waals surface area contributed by atoms with Crippen LogP contribution in [0.15, 0.2) is 0 Å². The zero-order valence-electron chi connectivity index (χ0n) is 5.29. The Bertz CT molecular complexity index is 48.1. The van der Waals surface area contributed by atoms with Gasteiger partial charge in [0.25, 0.3) is 0 Å². The normalized spacial score (nSPS) is 12.4. The van der Waals surface area contributed by atoms with Crippen molar-refractivity contribution >= 4 is 28.7 Å². The van der Waals surface area contributed by atoms with Crippen LogP contribution in [-0.4, -0.2) is 17.6 Å². The van der Waals surface area contributed by atoms with Crippen molar-refractivity contribution in [2.45, 2.75) is 25.2 Å². The average molecular weight is 153 g/mol. The SMILES string of the molecule is C[Si](C)(Cl)CC[SiH3]. The summed E-state index contributed by atoms with van der Waals surface area (Å²) in [6.07, 6.45) is 0. The first-order chi connectivity index (χ1) is 3.06. The zero-order chi connectivity index (χ0) is 5.91. The van der Waals surface area contributed by atoms with Gasteiger partial charge in [0.05, 0.1) is 0 Å². The molecule has 0 saturated heterocycles. The van der Waals surface area contributed by atoms with E-state index in [1.165, 1.54) is 22.3 Å². The fourth-order valence-electron chi connectivity index (χ4n) is 0.594. The Morgan fingerprint density at radius 1 is 1.57 bits per heavy atom. The molecule has 0 heterocycles. The maximum atomic E-state index is 5.99. The van der Waals surface area contributed by atoms with Crippen LogP contribution in [0, 0.1) is 0 Å². The van der Waals surface area contributed by atoms with Gasteiger partial charge in [-0.2, -0.15) is 11.1 Å². The molecule has 0 rings (SSSR count). The van der Waals surface area contributed by atoms with Gasteiger partial charge >= 0.3 is 0 Å². The van der Waals surface area contributed by atoms with Gasteiger partial charge in [-0.1, -0.05) is 19.1 Å². The van der Waals surface area contributed by atoms with Crippen LogP contribution in [0.4, 0.5) is 0 Å². The van der Waals surface area contributed by atoms with Gasteiger partial charge in [0.1, 0.15) is 7.38 Å². The van der Waals surface area contributed by atoms with Crippen molar-refractivity contribution in [3.63, 3.8) is 0 Å². The van der Waals surface area contributed by atoms with Crippen molar-refractivity contribution in [3.8, 4) is 0 Å². The molecular formula is C4H13ClSi2. The summed E-state index contributed by atoms with van der Waals surface area (Å²) in [5.74, 6) is 0. The Balaban J connectivity index is 3.15. The summed E-state index contributed by atoms with van der Waals surface area (Å²) in [4.78, 5) is 0. The highest BCUT2D eigenvalue weighted by Gasteiger charge is 2.13. The predicted octanol–water partition coefficient (Wildman–Crippen LogP) is 1.21. The minimum Gasteiger partial charge on any atom is -0.168 e. The van der Waals surface area contributed by atoms with Crippen molar-refractivity contribution in [2.75, 3.05) is 0 Å². The van der Waals surface area contributed by atoms with Crippen molar-refractivity contribution in [1.29, 1.82) is 0 Å². The van der Waals surface area contributed by atoms with E-state index < -0.39 is 7.38 Å². The van der Waals surface area contributed by atoms with Crippen LogP contribution in [0.25, 0.3) is 0 Å². The predicted molar refractivity (Wildman–Crippen MR) is 42.9 cm³/mol. The van der Waals surface area contributed by atoms with E-state index in [0.29, 0.717) is 0 Å². The minimum absolute atomic E-state index is 1.15. The molecule has 0 saturated carbocycles. The highest BCUT2D eigenvalue weighted by Crippen LogP contribution is 2.14. The summed E-state index contributed by atoms with van der Waals surface area (Å²) in [7, 11) is 0.170. The third-order valence-electron chi connectivity index (χ3n) is 0.844. The average Bonchev–Trinajstić information content (AvgIpc) is 1.30. The lowest BCUT2D eigenvalue weighted by Crippen LogP contribution is -2.14. The van der Waals surface area contributed by atoms with Crippen LogP contribution in [0.2, 0.25) is 25.2 Å². The van der Waals surface area contributed by atoms with Crippen molar-refractivity contribution in [2.24, 2.45) is 0 Å². The largest absolute Gasteiger partial charge is 0.168 e. The van der Waals surface area contributed by atoms with E-state index in [2.05, 4.69) is 13.1 Å². The number of hydrogen-bond donors (Lipinski definition) is 0. The van der Waals surface area contributed by atoms with Crippen molar-refractivity contribution in [1.82, 2.24) is 0 Å². The molecule has 0 aliphatic heterocycles. The minimum atomic E-state index is -1.15. The van der Waals surface area contributed by atoms with Crippen LogP contribution in [0.3, 0.4) is 0 Å². The molecule has 0 atom stereocenters. The molecule has 0 radical (unpaired) electrons. The number of rotatable bonds is 2. The van der Waals surface area contributed by atoms with E-state index in [9.17, 15) is 0 Å². The van der Waals surface area contributed by atoms with E-state index in [4.69, 9.17) is 11.1 Å². The first-order valence-corrected chi connectivity index (χ1v) is 8.38. The third kappa shape index (κ3) is 6.72. The van der Waals surface area contributed by atoms with Crippen LogP contribution < -0.4 is 0 Å². The third-order valence-corrected chi connectivity index (χ3v) is 4.60. The van der Waals surface area contributed by atoms with E-state index in [1.807, 2.05) is 0 Å². The monoisotopic (exact) mass is 152 g/mol. The molecule has 44 valence electrons. The Labute approximate surface area is 54.4 Å². The van der Waals surface area contributed by atoms with E-state index in [-0.39, 0.29) is 0 Å². The van der Waals surface area contributed by atoms with Gasteiger partial charge in [0, 0.05) is 10.2 Å². The molecule has 0 unspecified atom stereocenters. The highest BCUT2D eigenvalue weighted by molar-refractivity contribution is 7.19. The van der Waals surface area contributed by atoms with Gasteiger partial charge in [-0.25, -0.2) is 0 Å². The molecule has 0 fully saturated rings. The number of halogens is 1. The fraction of sp³-hybridized carbons (Fsp3) is 1.00.